The lowest BCUT2D eigenvalue weighted by molar-refractivity contribution is -0.142. The number of fused-ring (bicyclic) bond motifs is 2. The molecule has 0 aromatic heterocycles. The Kier molecular flexibility index (Phi) is 4.24. The predicted molar refractivity (Wildman–Crippen MR) is 88.5 cm³/mol. The fourth-order valence-electron chi connectivity index (χ4n) is 4.64. The maximum absolute atomic E-state index is 12.9. The number of likely N-dealkylation sites (tertiary alicyclic amines) is 1. The van der Waals surface area contributed by atoms with Gasteiger partial charge in [0.2, 0.25) is 11.8 Å². The highest BCUT2D eigenvalue weighted by Crippen LogP contribution is 2.40. The standard InChI is InChI=1S/C19H19F3N2O3/c20-19(21,22)12-3-1-11(2-4-12)18(27)23-13-5-6-14(23)10-15(9-13)24-16(25)7-8-17(24)26/h1-4,13-15H,5-10H2. The van der Waals surface area contributed by atoms with Crippen LogP contribution in [0.1, 0.15) is 54.4 Å². The van der Waals surface area contributed by atoms with Gasteiger partial charge in [0.15, 0.2) is 0 Å². The van der Waals surface area contributed by atoms with E-state index in [2.05, 4.69) is 0 Å². The molecule has 3 fully saturated rings. The number of nitrogens with zero attached hydrogens (tertiary/aromatic N) is 2. The molecule has 3 aliphatic rings. The zero-order valence-corrected chi connectivity index (χ0v) is 14.5. The Balaban J connectivity index is 1.50. The van der Waals surface area contributed by atoms with Crippen molar-refractivity contribution in [2.75, 3.05) is 0 Å². The molecule has 2 atom stereocenters. The van der Waals surface area contributed by atoms with Crippen molar-refractivity contribution in [3.05, 3.63) is 35.4 Å². The number of hydrogen-bond donors (Lipinski definition) is 0. The number of benzene rings is 1. The van der Waals surface area contributed by atoms with Gasteiger partial charge in [0.1, 0.15) is 0 Å². The topological polar surface area (TPSA) is 57.7 Å². The van der Waals surface area contributed by atoms with Gasteiger partial charge in [0.25, 0.3) is 5.91 Å². The Morgan fingerprint density at radius 1 is 0.889 bits per heavy atom. The van der Waals surface area contributed by atoms with E-state index < -0.39 is 11.7 Å². The molecule has 0 saturated carbocycles. The molecular formula is C19H19F3N2O3. The summed E-state index contributed by atoms with van der Waals surface area (Å²) in [6, 6.07) is 3.90. The van der Waals surface area contributed by atoms with Gasteiger partial charge in [0, 0.05) is 36.5 Å². The van der Waals surface area contributed by atoms with E-state index in [1.54, 1.807) is 4.90 Å². The van der Waals surface area contributed by atoms with E-state index in [-0.39, 0.29) is 54.3 Å². The number of halogens is 3. The summed E-state index contributed by atoms with van der Waals surface area (Å²) in [7, 11) is 0. The third kappa shape index (κ3) is 3.11. The minimum Gasteiger partial charge on any atom is -0.333 e. The summed E-state index contributed by atoms with van der Waals surface area (Å²) in [4.78, 5) is 40.0. The van der Waals surface area contributed by atoms with Gasteiger partial charge in [-0.3, -0.25) is 19.3 Å². The van der Waals surface area contributed by atoms with Crippen molar-refractivity contribution in [3.8, 4) is 0 Å². The van der Waals surface area contributed by atoms with Crippen LogP contribution in [-0.2, 0) is 15.8 Å². The maximum Gasteiger partial charge on any atom is 0.416 e. The van der Waals surface area contributed by atoms with Crippen molar-refractivity contribution in [1.29, 1.82) is 0 Å². The average molecular weight is 380 g/mol. The quantitative estimate of drug-likeness (QED) is 0.742. The van der Waals surface area contributed by atoms with E-state index in [1.165, 1.54) is 17.0 Å². The highest BCUT2D eigenvalue weighted by Gasteiger charge is 2.47. The molecule has 4 rings (SSSR count). The Morgan fingerprint density at radius 3 is 1.89 bits per heavy atom. The van der Waals surface area contributed by atoms with Crippen molar-refractivity contribution in [2.45, 2.75) is 62.8 Å². The minimum atomic E-state index is -4.44. The van der Waals surface area contributed by atoms with Crippen LogP contribution < -0.4 is 0 Å². The van der Waals surface area contributed by atoms with Crippen molar-refractivity contribution >= 4 is 17.7 Å². The fourth-order valence-corrected chi connectivity index (χ4v) is 4.64. The second-order valence-electron chi connectivity index (χ2n) is 7.46. The summed E-state index contributed by atoms with van der Waals surface area (Å²) in [6.07, 6.45) is -1.29. The lowest BCUT2D eigenvalue weighted by Crippen LogP contribution is -2.53. The molecule has 3 heterocycles. The molecule has 1 aromatic carbocycles. The molecule has 5 nitrogen and oxygen atoms in total. The number of hydrogen-bond acceptors (Lipinski definition) is 3. The molecule has 144 valence electrons. The molecule has 3 amide bonds. The highest BCUT2D eigenvalue weighted by molar-refractivity contribution is 6.02. The predicted octanol–water partition coefficient (Wildman–Crippen LogP) is 2.99. The second kappa shape index (κ2) is 6.35. The van der Waals surface area contributed by atoms with Crippen LogP contribution >= 0.6 is 0 Å². The number of rotatable bonds is 2. The maximum atomic E-state index is 12.9. The smallest absolute Gasteiger partial charge is 0.333 e. The monoisotopic (exact) mass is 380 g/mol. The first-order chi connectivity index (χ1) is 12.8. The molecule has 8 heteroatoms. The van der Waals surface area contributed by atoms with Gasteiger partial charge in [-0.1, -0.05) is 0 Å². The fraction of sp³-hybridized carbons (Fsp3) is 0.526. The van der Waals surface area contributed by atoms with Gasteiger partial charge in [0.05, 0.1) is 5.56 Å². The van der Waals surface area contributed by atoms with Gasteiger partial charge in [-0.05, 0) is 49.9 Å². The van der Waals surface area contributed by atoms with Crippen molar-refractivity contribution in [2.24, 2.45) is 0 Å². The molecule has 3 aliphatic heterocycles. The Labute approximate surface area is 154 Å². The molecular weight excluding hydrogens is 361 g/mol. The third-order valence-electron chi connectivity index (χ3n) is 5.86. The normalized spacial score (nSPS) is 28.2. The number of piperidine rings is 1. The van der Waals surface area contributed by atoms with Gasteiger partial charge in [-0.25, -0.2) is 0 Å². The lowest BCUT2D eigenvalue weighted by atomic mass is 9.95. The molecule has 0 radical (unpaired) electrons. The van der Waals surface area contributed by atoms with Crippen LogP contribution in [0, 0.1) is 0 Å². The summed E-state index contributed by atoms with van der Waals surface area (Å²) < 4.78 is 38.1. The second-order valence-corrected chi connectivity index (χ2v) is 7.46. The zero-order chi connectivity index (χ0) is 19.3. The summed E-state index contributed by atoms with van der Waals surface area (Å²) in [5.41, 5.74) is -0.557. The Bertz CT molecular complexity index is 760. The lowest BCUT2D eigenvalue weighted by Gasteiger charge is -2.41. The minimum absolute atomic E-state index is 0.0928. The van der Waals surface area contributed by atoms with Gasteiger partial charge in [-0.15, -0.1) is 0 Å². The summed E-state index contributed by atoms with van der Waals surface area (Å²) in [6.45, 7) is 0. The van der Waals surface area contributed by atoms with Crippen LogP contribution in [0.15, 0.2) is 24.3 Å². The Morgan fingerprint density at radius 2 is 1.41 bits per heavy atom. The van der Waals surface area contributed by atoms with Crippen LogP contribution in [0.4, 0.5) is 13.2 Å². The number of imide groups is 1. The molecule has 3 saturated heterocycles. The van der Waals surface area contributed by atoms with Crippen molar-refractivity contribution in [3.63, 3.8) is 0 Å². The third-order valence-corrected chi connectivity index (χ3v) is 5.86. The first kappa shape index (κ1) is 18.0. The molecule has 1 aromatic rings. The van der Waals surface area contributed by atoms with Crippen LogP contribution in [0.25, 0.3) is 0 Å². The summed E-state index contributed by atoms with van der Waals surface area (Å²) >= 11 is 0. The van der Waals surface area contributed by atoms with E-state index in [9.17, 15) is 27.6 Å². The molecule has 27 heavy (non-hydrogen) atoms. The molecule has 2 unspecified atom stereocenters. The van der Waals surface area contributed by atoms with E-state index in [0.717, 1.165) is 25.0 Å². The summed E-state index contributed by atoms with van der Waals surface area (Å²) in [5.74, 6) is -0.576. The van der Waals surface area contributed by atoms with Crippen molar-refractivity contribution < 1.29 is 27.6 Å². The van der Waals surface area contributed by atoms with Crippen LogP contribution in [0.3, 0.4) is 0 Å². The van der Waals surface area contributed by atoms with E-state index in [1.807, 2.05) is 0 Å². The molecule has 2 bridgehead atoms. The van der Waals surface area contributed by atoms with Gasteiger partial charge < -0.3 is 4.90 Å². The Hall–Kier alpha value is -2.38. The van der Waals surface area contributed by atoms with Crippen LogP contribution in [0.2, 0.25) is 0 Å². The first-order valence-electron chi connectivity index (χ1n) is 9.10. The van der Waals surface area contributed by atoms with Crippen LogP contribution in [0.5, 0.6) is 0 Å². The summed E-state index contributed by atoms with van der Waals surface area (Å²) in [5, 5.41) is 0. The van der Waals surface area contributed by atoms with E-state index in [0.29, 0.717) is 12.8 Å². The van der Waals surface area contributed by atoms with Gasteiger partial charge in [-0.2, -0.15) is 13.2 Å². The van der Waals surface area contributed by atoms with Crippen molar-refractivity contribution in [1.82, 2.24) is 9.80 Å². The number of carbonyl (C=O) groups is 3. The zero-order valence-electron chi connectivity index (χ0n) is 14.5. The van der Waals surface area contributed by atoms with E-state index in [4.69, 9.17) is 0 Å². The average Bonchev–Trinajstić information content (AvgIpc) is 3.09. The molecule has 0 aliphatic carbocycles. The SMILES string of the molecule is O=C1CCC(=O)N1C1CC2CCC(C1)N2C(=O)c1ccc(C(F)(F)F)cc1. The first-order valence-corrected chi connectivity index (χ1v) is 9.10. The number of amides is 3. The van der Waals surface area contributed by atoms with E-state index >= 15 is 0 Å². The number of carbonyl (C=O) groups excluding carboxylic acids is 3. The highest BCUT2D eigenvalue weighted by atomic mass is 19.4. The number of alkyl halides is 3. The molecule has 0 spiro atoms. The van der Waals surface area contributed by atoms with Crippen LogP contribution in [-0.4, -0.2) is 45.6 Å². The van der Waals surface area contributed by atoms with Gasteiger partial charge >= 0.3 is 6.18 Å². The molecule has 0 N–H and O–H groups in total. The largest absolute Gasteiger partial charge is 0.416 e.